The lowest BCUT2D eigenvalue weighted by Gasteiger charge is -2.11. The lowest BCUT2D eigenvalue weighted by atomic mass is 10.1. The van der Waals surface area contributed by atoms with Crippen molar-refractivity contribution in [2.24, 2.45) is 0 Å². The van der Waals surface area contributed by atoms with Gasteiger partial charge in [-0.1, -0.05) is 0 Å². The van der Waals surface area contributed by atoms with E-state index in [-0.39, 0.29) is 29.1 Å². The zero-order valence-electron chi connectivity index (χ0n) is 10.7. The molecule has 1 aromatic rings. The molecule has 0 radical (unpaired) electrons. The summed E-state index contributed by atoms with van der Waals surface area (Å²) in [5.41, 5.74) is 5.16. The van der Waals surface area contributed by atoms with Crippen LogP contribution in [0.25, 0.3) is 0 Å². The third-order valence-electron chi connectivity index (χ3n) is 2.33. The SMILES string of the molecule is CCOC(=O)c1c(C)nc(S(C)(=O)=O)c(C#N)c1N. The van der Waals surface area contributed by atoms with E-state index in [2.05, 4.69) is 4.98 Å². The zero-order valence-corrected chi connectivity index (χ0v) is 11.5. The Kier molecular flexibility index (Phi) is 4.11. The highest BCUT2D eigenvalue weighted by Crippen LogP contribution is 2.26. The van der Waals surface area contributed by atoms with E-state index in [9.17, 15) is 13.2 Å². The van der Waals surface area contributed by atoms with Crippen molar-refractivity contribution in [3.8, 4) is 6.07 Å². The van der Waals surface area contributed by atoms with E-state index in [4.69, 9.17) is 15.7 Å². The second-order valence-electron chi connectivity index (χ2n) is 3.77. The molecule has 8 heteroatoms. The van der Waals surface area contributed by atoms with Crippen molar-refractivity contribution in [3.63, 3.8) is 0 Å². The molecular weight excluding hydrogens is 270 g/mol. The number of carbonyl (C=O) groups excluding carboxylic acids is 1. The van der Waals surface area contributed by atoms with Crippen LogP contribution in [0.3, 0.4) is 0 Å². The van der Waals surface area contributed by atoms with E-state index in [1.54, 1.807) is 13.0 Å². The number of hydrogen-bond donors (Lipinski definition) is 1. The van der Waals surface area contributed by atoms with Gasteiger partial charge in [-0.2, -0.15) is 5.26 Å². The molecule has 1 rings (SSSR count). The number of nitrogens with zero attached hydrogens (tertiary/aromatic N) is 2. The summed E-state index contributed by atoms with van der Waals surface area (Å²) in [4.78, 5) is 15.5. The van der Waals surface area contributed by atoms with Gasteiger partial charge in [0.15, 0.2) is 14.9 Å². The van der Waals surface area contributed by atoms with Crippen molar-refractivity contribution in [3.05, 3.63) is 16.8 Å². The summed E-state index contributed by atoms with van der Waals surface area (Å²) in [5, 5.41) is 8.57. The second-order valence-corrected chi connectivity index (χ2v) is 5.70. The standard InChI is InChI=1S/C11H13N3O4S/c1-4-18-11(15)8-6(2)14-10(19(3,16)17)7(5-12)9(8)13/h4H2,1-3H3,(H2,13,14). The van der Waals surface area contributed by atoms with Crippen LogP contribution in [0.1, 0.15) is 28.5 Å². The van der Waals surface area contributed by atoms with E-state index in [1.165, 1.54) is 6.92 Å². The van der Waals surface area contributed by atoms with Crippen LogP contribution in [0.15, 0.2) is 5.03 Å². The number of rotatable bonds is 3. The van der Waals surface area contributed by atoms with Crippen LogP contribution in [-0.4, -0.2) is 32.2 Å². The van der Waals surface area contributed by atoms with Crippen molar-refractivity contribution in [1.29, 1.82) is 5.26 Å². The third-order valence-corrected chi connectivity index (χ3v) is 3.32. The fraction of sp³-hybridized carbons (Fsp3) is 0.364. The van der Waals surface area contributed by atoms with Crippen LogP contribution >= 0.6 is 0 Å². The number of hydrogen-bond acceptors (Lipinski definition) is 7. The highest BCUT2D eigenvalue weighted by atomic mass is 32.2. The van der Waals surface area contributed by atoms with Gasteiger partial charge in [0.05, 0.1) is 18.0 Å². The largest absolute Gasteiger partial charge is 0.462 e. The first-order valence-corrected chi connectivity index (χ1v) is 7.20. The summed E-state index contributed by atoms with van der Waals surface area (Å²) in [6.45, 7) is 3.18. The number of sulfone groups is 1. The lowest BCUT2D eigenvalue weighted by Crippen LogP contribution is -2.16. The van der Waals surface area contributed by atoms with Gasteiger partial charge < -0.3 is 10.5 Å². The summed E-state index contributed by atoms with van der Waals surface area (Å²) in [6, 6.07) is 1.66. The average Bonchev–Trinajstić information content (AvgIpc) is 2.27. The van der Waals surface area contributed by atoms with Gasteiger partial charge in [-0.05, 0) is 13.8 Å². The molecule has 7 nitrogen and oxygen atoms in total. The highest BCUT2D eigenvalue weighted by Gasteiger charge is 2.25. The number of nitrogen functional groups attached to an aromatic ring is 1. The van der Waals surface area contributed by atoms with Crippen LogP contribution < -0.4 is 5.73 Å². The Balaban J connectivity index is 3.67. The van der Waals surface area contributed by atoms with Gasteiger partial charge in [0, 0.05) is 6.26 Å². The third kappa shape index (κ3) is 2.82. The van der Waals surface area contributed by atoms with Gasteiger partial charge in [0.25, 0.3) is 0 Å². The number of ether oxygens (including phenoxy) is 1. The molecule has 2 N–H and O–H groups in total. The quantitative estimate of drug-likeness (QED) is 0.797. The molecule has 0 atom stereocenters. The molecule has 19 heavy (non-hydrogen) atoms. The van der Waals surface area contributed by atoms with Crippen LogP contribution in [0.2, 0.25) is 0 Å². The van der Waals surface area contributed by atoms with E-state index in [0.717, 1.165) is 6.26 Å². The fourth-order valence-electron chi connectivity index (χ4n) is 1.54. The van der Waals surface area contributed by atoms with Gasteiger partial charge >= 0.3 is 5.97 Å². The van der Waals surface area contributed by atoms with E-state index < -0.39 is 20.8 Å². The first-order chi connectivity index (χ1) is 8.73. The Morgan fingerprint density at radius 1 is 1.53 bits per heavy atom. The van der Waals surface area contributed by atoms with Gasteiger partial charge in [-0.25, -0.2) is 18.2 Å². The minimum absolute atomic E-state index is 0.0780. The second kappa shape index (κ2) is 5.24. The molecular formula is C11H13N3O4S. The Labute approximate surface area is 110 Å². The molecule has 102 valence electrons. The summed E-state index contributed by atoms with van der Waals surface area (Å²) >= 11 is 0. The van der Waals surface area contributed by atoms with Gasteiger partial charge in [-0.15, -0.1) is 0 Å². The summed E-state index contributed by atoms with van der Waals surface area (Å²) in [7, 11) is -3.71. The van der Waals surface area contributed by atoms with E-state index in [0.29, 0.717) is 0 Å². The van der Waals surface area contributed by atoms with E-state index in [1.807, 2.05) is 0 Å². The smallest absolute Gasteiger partial charge is 0.342 e. The molecule has 0 aromatic carbocycles. The number of nitriles is 1. The molecule has 0 unspecified atom stereocenters. The van der Waals surface area contributed by atoms with Crippen molar-refractivity contribution >= 4 is 21.5 Å². The van der Waals surface area contributed by atoms with Crippen molar-refractivity contribution < 1.29 is 17.9 Å². The first kappa shape index (κ1) is 14.9. The molecule has 0 saturated carbocycles. The molecule has 0 amide bonds. The fourth-order valence-corrected chi connectivity index (χ4v) is 2.37. The number of nitrogens with two attached hydrogens (primary N) is 1. The number of aromatic nitrogens is 1. The minimum atomic E-state index is -3.71. The maximum atomic E-state index is 11.7. The van der Waals surface area contributed by atoms with E-state index >= 15 is 0 Å². The van der Waals surface area contributed by atoms with Crippen molar-refractivity contribution in [2.45, 2.75) is 18.9 Å². The minimum Gasteiger partial charge on any atom is -0.462 e. The van der Waals surface area contributed by atoms with Crippen LogP contribution in [0.4, 0.5) is 5.69 Å². The Morgan fingerprint density at radius 3 is 2.53 bits per heavy atom. The van der Waals surface area contributed by atoms with Gasteiger partial charge in [0.2, 0.25) is 0 Å². The molecule has 0 fully saturated rings. The van der Waals surface area contributed by atoms with Gasteiger partial charge in [0.1, 0.15) is 17.2 Å². The molecule has 0 aliphatic rings. The Bertz CT molecular complexity index is 674. The molecule has 0 spiro atoms. The predicted molar refractivity (Wildman–Crippen MR) is 67.2 cm³/mol. The van der Waals surface area contributed by atoms with Crippen LogP contribution in [0, 0.1) is 18.3 Å². The molecule has 1 aromatic heterocycles. The first-order valence-electron chi connectivity index (χ1n) is 5.31. The van der Waals surface area contributed by atoms with Gasteiger partial charge in [-0.3, -0.25) is 0 Å². The van der Waals surface area contributed by atoms with Crippen molar-refractivity contribution in [1.82, 2.24) is 4.98 Å². The number of pyridine rings is 1. The normalized spacial score (nSPS) is 10.8. The highest BCUT2D eigenvalue weighted by molar-refractivity contribution is 7.90. The lowest BCUT2D eigenvalue weighted by molar-refractivity contribution is 0.0526. The number of carbonyl (C=O) groups is 1. The summed E-state index contributed by atoms with van der Waals surface area (Å²) in [5.74, 6) is -0.735. The Morgan fingerprint density at radius 2 is 2.11 bits per heavy atom. The topological polar surface area (TPSA) is 123 Å². The van der Waals surface area contributed by atoms with Crippen molar-refractivity contribution in [2.75, 3.05) is 18.6 Å². The average molecular weight is 283 g/mol. The molecule has 0 saturated heterocycles. The van der Waals surface area contributed by atoms with Crippen LogP contribution in [0.5, 0.6) is 0 Å². The maximum Gasteiger partial charge on any atom is 0.342 e. The molecule has 0 aliphatic heterocycles. The Hall–Kier alpha value is -2.14. The summed E-state index contributed by atoms with van der Waals surface area (Å²) in [6.07, 6.45) is 0.916. The monoisotopic (exact) mass is 283 g/mol. The number of esters is 1. The zero-order chi connectivity index (χ0) is 14.8. The molecule has 0 aliphatic carbocycles. The maximum absolute atomic E-state index is 11.7. The summed E-state index contributed by atoms with van der Waals surface area (Å²) < 4.78 is 27.9. The number of aryl methyl sites for hydroxylation is 1. The number of anilines is 1. The predicted octanol–water partition coefficient (Wildman–Crippen LogP) is 0.424. The molecule has 0 bridgehead atoms. The molecule has 1 heterocycles. The van der Waals surface area contributed by atoms with Crippen LogP contribution in [-0.2, 0) is 14.6 Å².